The number of nitrogens with one attached hydrogen (secondary N) is 1. The maximum atomic E-state index is 15.2. The largest absolute Gasteiger partial charge is 0.491 e. The van der Waals surface area contributed by atoms with Crippen molar-refractivity contribution in [3.8, 4) is 5.75 Å². The zero-order valence-corrected chi connectivity index (χ0v) is 17.7. The van der Waals surface area contributed by atoms with E-state index in [1.165, 1.54) is 26.0 Å². The molecule has 2 heterocycles. The van der Waals surface area contributed by atoms with Crippen molar-refractivity contribution < 1.29 is 17.9 Å². The van der Waals surface area contributed by atoms with Crippen molar-refractivity contribution in [2.24, 2.45) is 0 Å². The standard InChI is InChI=1S/C24H27F3N2O/c1-14(2)30-15-11-18(25)21(19(26)12-15)23-22-17(9-10-29(23)13-24(3,4)27)16-7-5-6-8-20(16)28-22/h5-8,11-12,14,23,28H,9-10,13H2,1-4H3. The topological polar surface area (TPSA) is 28.3 Å². The first-order valence-electron chi connectivity index (χ1n) is 10.3. The lowest BCUT2D eigenvalue weighted by molar-refractivity contribution is 0.0961. The van der Waals surface area contributed by atoms with Gasteiger partial charge in [0, 0.05) is 47.4 Å². The number of H-pyrrole nitrogens is 1. The van der Waals surface area contributed by atoms with E-state index in [0.29, 0.717) is 13.0 Å². The monoisotopic (exact) mass is 416 g/mol. The average molecular weight is 416 g/mol. The van der Waals surface area contributed by atoms with Crippen molar-refractivity contribution in [1.82, 2.24) is 9.88 Å². The first-order valence-corrected chi connectivity index (χ1v) is 10.3. The van der Waals surface area contributed by atoms with Crippen LogP contribution in [0.15, 0.2) is 36.4 Å². The Bertz CT molecular complexity index is 1040. The van der Waals surface area contributed by atoms with Gasteiger partial charge in [-0.05, 0) is 45.7 Å². The number of alkyl halides is 1. The quantitative estimate of drug-likeness (QED) is 0.558. The summed E-state index contributed by atoms with van der Waals surface area (Å²) < 4.78 is 50.6. The Labute approximate surface area is 174 Å². The Morgan fingerprint density at radius 2 is 1.83 bits per heavy atom. The third kappa shape index (κ3) is 3.93. The molecule has 160 valence electrons. The lowest BCUT2D eigenvalue weighted by Crippen LogP contribution is -2.43. The van der Waals surface area contributed by atoms with E-state index < -0.39 is 23.3 Å². The van der Waals surface area contributed by atoms with Gasteiger partial charge in [0.05, 0.1) is 12.1 Å². The molecule has 0 amide bonds. The summed E-state index contributed by atoms with van der Waals surface area (Å²) in [4.78, 5) is 5.17. The second-order valence-corrected chi connectivity index (χ2v) is 8.87. The molecule has 0 bridgehead atoms. The summed E-state index contributed by atoms with van der Waals surface area (Å²) in [5.74, 6) is -1.23. The van der Waals surface area contributed by atoms with Crippen LogP contribution in [0.25, 0.3) is 10.9 Å². The molecular formula is C24H27F3N2O. The molecule has 4 rings (SSSR count). The van der Waals surface area contributed by atoms with E-state index in [1.807, 2.05) is 29.2 Å². The zero-order chi connectivity index (χ0) is 21.6. The van der Waals surface area contributed by atoms with E-state index in [2.05, 4.69) is 4.98 Å². The van der Waals surface area contributed by atoms with E-state index in [0.717, 1.165) is 22.2 Å². The minimum atomic E-state index is -1.50. The number of hydrogen-bond acceptors (Lipinski definition) is 2. The number of fused-ring (bicyclic) bond motifs is 3. The van der Waals surface area contributed by atoms with Gasteiger partial charge >= 0.3 is 0 Å². The van der Waals surface area contributed by atoms with Crippen LogP contribution in [0.3, 0.4) is 0 Å². The zero-order valence-electron chi connectivity index (χ0n) is 17.7. The smallest absolute Gasteiger partial charge is 0.135 e. The maximum absolute atomic E-state index is 15.2. The Balaban J connectivity index is 1.88. The van der Waals surface area contributed by atoms with Gasteiger partial charge in [0.2, 0.25) is 0 Å². The van der Waals surface area contributed by atoms with Crippen LogP contribution in [0, 0.1) is 11.6 Å². The van der Waals surface area contributed by atoms with Crippen molar-refractivity contribution in [3.05, 3.63) is 64.9 Å². The predicted octanol–water partition coefficient (Wildman–Crippen LogP) is 5.93. The molecule has 1 aliphatic rings. The van der Waals surface area contributed by atoms with Crippen LogP contribution < -0.4 is 4.74 Å². The van der Waals surface area contributed by atoms with Crippen LogP contribution in [-0.4, -0.2) is 34.7 Å². The second-order valence-electron chi connectivity index (χ2n) is 8.87. The maximum Gasteiger partial charge on any atom is 0.135 e. The molecule has 0 fully saturated rings. The molecule has 1 aliphatic heterocycles. The highest BCUT2D eigenvalue weighted by molar-refractivity contribution is 5.85. The molecule has 1 atom stereocenters. The van der Waals surface area contributed by atoms with Gasteiger partial charge in [0.1, 0.15) is 23.1 Å². The van der Waals surface area contributed by atoms with Crippen LogP contribution in [0.1, 0.15) is 50.6 Å². The van der Waals surface area contributed by atoms with Crippen molar-refractivity contribution in [2.45, 2.75) is 51.9 Å². The fourth-order valence-electron chi connectivity index (χ4n) is 4.43. The normalized spacial score (nSPS) is 17.5. The first kappa shape index (κ1) is 20.8. The van der Waals surface area contributed by atoms with Crippen molar-refractivity contribution in [1.29, 1.82) is 0 Å². The molecule has 6 heteroatoms. The number of halogens is 3. The summed E-state index contributed by atoms with van der Waals surface area (Å²) >= 11 is 0. The highest BCUT2D eigenvalue weighted by Crippen LogP contribution is 2.41. The van der Waals surface area contributed by atoms with E-state index in [4.69, 9.17) is 4.74 Å². The first-order chi connectivity index (χ1) is 14.1. The van der Waals surface area contributed by atoms with Gasteiger partial charge in [-0.3, -0.25) is 4.90 Å². The summed E-state index contributed by atoms with van der Waals surface area (Å²) in [5, 5.41) is 1.04. The van der Waals surface area contributed by atoms with Gasteiger partial charge in [-0.2, -0.15) is 0 Å². The van der Waals surface area contributed by atoms with Gasteiger partial charge in [-0.25, -0.2) is 13.2 Å². The Kier molecular flexibility index (Phi) is 5.30. The molecule has 1 aromatic heterocycles. The van der Waals surface area contributed by atoms with Gasteiger partial charge in [0.25, 0.3) is 0 Å². The molecule has 0 radical (unpaired) electrons. The summed E-state index contributed by atoms with van der Waals surface area (Å²) in [6.45, 7) is 7.14. The molecule has 0 spiro atoms. The SMILES string of the molecule is CC(C)Oc1cc(F)c(C2c3[nH]c4ccccc4c3CCN2CC(C)(C)F)c(F)c1. The number of aromatic amines is 1. The minimum absolute atomic E-state index is 0.0651. The second kappa shape index (κ2) is 7.65. The molecule has 0 aliphatic carbocycles. The van der Waals surface area contributed by atoms with Gasteiger partial charge < -0.3 is 9.72 Å². The van der Waals surface area contributed by atoms with Crippen LogP contribution >= 0.6 is 0 Å². The predicted molar refractivity (Wildman–Crippen MR) is 113 cm³/mol. The van der Waals surface area contributed by atoms with Gasteiger partial charge in [-0.1, -0.05) is 18.2 Å². The summed E-state index contributed by atoms with van der Waals surface area (Å²) in [7, 11) is 0. The number of hydrogen-bond donors (Lipinski definition) is 1. The molecule has 3 nitrogen and oxygen atoms in total. The molecular weight excluding hydrogens is 389 g/mol. The van der Waals surface area contributed by atoms with E-state index in [9.17, 15) is 4.39 Å². The number of para-hydroxylation sites is 1. The molecule has 3 aromatic rings. The summed E-state index contributed by atoms with van der Waals surface area (Å²) in [5.41, 5.74) is 1.08. The van der Waals surface area contributed by atoms with Gasteiger partial charge in [-0.15, -0.1) is 0 Å². The van der Waals surface area contributed by atoms with E-state index in [1.54, 1.807) is 13.8 Å². The van der Waals surface area contributed by atoms with Crippen molar-refractivity contribution in [2.75, 3.05) is 13.1 Å². The van der Waals surface area contributed by atoms with Gasteiger partial charge in [0.15, 0.2) is 0 Å². The third-order valence-corrected chi connectivity index (χ3v) is 5.41. The molecule has 0 saturated carbocycles. The summed E-state index contributed by atoms with van der Waals surface area (Å²) in [6.07, 6.45) is 0.484. The molecule has 2 aromatic carbocycles. The van der Waals surface area contributed by atoms with Crippen LogP contribution in [-0.2, 0) is 6.42 Å². The van der Waals surface area contributed by atoms with E-state index >= 15 is 8.78 Å². The number of ether oxygens (including phenoxy) is 1. The lowest BCUT2D eigenvalue weighted by atomic mass is 9.90. The molecule has 0 saturated heterocycles. The highest BCUT2D eigenvalue weighted by atomic mass is 19.1. The van der Waals surface area contributed by atoms with Crippen LogP contribution in [0.4, 0.5) is 13.2 Å². The number of aromatic nitrogens is 1. The fourth-order valence-corrected chi connectivity index (χ4v) is 4.43. The fraction of sp³-hybridized carbons (Fsp3) is 0.417. The molecule has 1 N–H and O–H groups in total. The number of nitrogens with zero attached hydrogens (tertiary/aromatic N) is 1. The van der Waals surface area contributed by atoms with Crippen molar-refractivity contribution in [3.63, 3.8) is 0 Å². The van der Waals surface area contributed by atoms with Crippen molar-refractivity contribution >= 4 is 10.9 Å². The third-order valence-electron chi connectivity index (χ3n) is 5.41. The van der Waals surface area contributed by atoms with Crippen LogP contribution in [0.2, 0.25) is 0 Å². The molecule has 30 heavy (non-hydrogen) atoms. The number of rotatable bonds is 5. The highest BCUT2D eigenvalue weighted by Gasteiger charge is 2.37. The number of benzene rings is 2. The minimum Gasteiger partial charge on any atom is -0.491 e. The Morgan fingerprint density at radius 3 is 2.47 bits per heavy atom. The Morgan fingerprint density at radius 1 is 1.17 bits per heavy atom. The average Bonchev–Trinajstić information content (AvgIpc) is 2.99. The molecule has 1 unspecified atom stereocenters. The Hall–Kier alpha value is -2.47. The summed E-state index contributed by atoms with van der Waals surface area (Å²) in [6, 6.07) is 9.50. The lowest BCUT2D eigenvalue weighted by Gasteiger charge is -2.38. The van der Waals surface area contributed by atoms with Crippen LogP contribution in [0.5, 0.6) is 5.75 Å². The van der Waals surface area contributed by atoms with E-state index in [-0.39, 0.29) is 24.0 Å².